The van der Waals surface area contributed by atoms with Gasteiger partial charge in [0.2, 0.25) is 0 Å². The lowest BCUT2D eigenvalue weighted by molar-refractivity contribution is 0.0592. The lowest BCUT2D eigenvalue weighted by atomic mass is 10.2. The van der Waals surface area contributed by atoms with Gasteiger partial charge in [0.15, 0.2) is 0 Å². The third-order valence-electron chi connectivity index (χ3n) is 3.09. The average molecular weight is 268 g/mol. The van der Waals surface area contributed by atoms with Gasteiger partial charge in [0.1, 0.15) is 17.3 Å². The number of carbonyl (C=O) groups excluding carboxylic acids is 1. The lowest BCUT2D eigenvalue weighted by Crippen LogP contribution is -2.08. The Hall–Kier alpha value is -2.82. The smallest absolute Gasteiger partial charge is 0.355 e. The van der Waals surface area contributed by atoms with Crippen molar-refractivity contribution in [2.75, 3.05) is 7.11 Å². The number of phenolic OH excluding ortho intramolecular Hbond substituents is 1. The number of carbonyl (C=O) groups is 1. The van der Waals surface area contributed by atoms with Crippen LogP contribution in [-0.2, 0) is 4.74 Å². The molecule has 0 saturated heterocycles. The monoisotopic (exact) mass is 268 g/mol. The highest BCUT2D eigenvalue weighted by atomic mass is 16.5. The third kappa shape index (κ3) is 1.80. The highest BCUT2D eigenvalue weighted by Crippen LogP contribution is 2.29. The molecule has 0 unspecified atom stereocenters. The zero-order valence-corrected chi connectivity index (χ0v) is 10.8. The molecule has 3 aromatic rings. The van der Waals surface area contributed by atoms with E-state index >= 15 is 0 Å². The van der Waals surface area contributed by atoms with E-state index in [4.69, 9.17) is 4.74 Å². The Bertz CT molecular complexity index is 793. The molecule has 5 heteroatoms. The molecule has 20 heavy (non-hydrogen) atoms. The summed E-state index contributed by atoms with van der Waals surface area (Å²) in [4.78, 5) is 16.2. The number of methoxy groups -OCH3 is 1. The SMILES string of the molecule is COC(=O)c1cccc2cnc(-c3ccccc3O)n12. The molecule has 2 aromatic heterocycles. The van der Waals surface area contributed by atoms with Crippen LogP contribution in [-0.4, -0.2) is 27.6 Å². The minimum Gasteiger partial charge on any atom is -0.507 e. The summed E-state index contributed by atoms with van der Waals surface area (Å²) < 4.78 is 6.45. The van der Waals surface area contributed by atoms with Crippen molar-refractivity contribution < 1.29 is 14.6 Å². The van der Waals surface area contributed by atoms with Gasteiger partial charge in [0.05, 0.1) is 24.4 Å². The molecule has 2 heterocycles. The number of benzene rings is 1. The van der Waals surface area contributed by atoms with Crippen molar-refractivity contribution in [1.29, 1.82) is 0 Å². The molecule has 0 amide bonds. The standard InChI is InChI=1S/C15H12N2O3/c1-20-15(19)12-7-4-5-10-9-16-14(17(10)12)11-6-2-3-8-13(11)18/h2-9,18H,1H3. The summed E-state index contributed by atoms with van der Waals surface area (Å²) in [6.07, 6.45) is 1.65. The minimum absolute atomic E-state index is 0.111. The second kappa shape index (κ2) is 4.70. The van der Waals surface area contributed by atoms with Gasteiger partial charge in [-0.25, -0.2) is 9.78 Å². The van der Waals surface area contributed by atoms with Crippen molar-refractivity contribution in [1.82, 2.24) is 9.38 Å². The average Bonchev–Trinajstić information content (AvgIpc) is 2.91. The van der Waals surface area contributed by atoms with E-state index in [1.165, 1.54) is 7.11 Å². The van der Waals surface area contributed by atoms with Gasteiger partial charge in [0, 0.05) is 0 Å². The van der Waals surface area contributed by atoms with E-state index in [0.29, 0.717) is 17.1 Å². The minimum atomic E-state index is -0.453. The maximum atomic E-state index is 11.9. The fraction of sp³-hybridized carbons (Fsp3) is 0.0667. The van der Waals surface area contributed by atoms with E-state index in [2.05, 4.69) is 4.98 Å². The summed E-state index contributed by atoms with van der Waals surface area (Å²) in [5.41, 5.74) is 1.68. The number of imidazole rings is 1. The summed E-state index contributed by atoms with van der Waals surface area (Å²) >= 11 is 0. The fourth-order valence-electron chi connectivity index (χ4n) is 2.16. The molecule has 0 aliphatic rings. The first-order valence-corrected chi connectivity index (χ1v) is 6.05. The molecular weight excluding hydrogens is 256 g/mol. The van der Waals surface area contributed by atoms with E-state index in [0.717, 1.165) is 5.52 Å². The predicted molar refractivity (Wildman–Crippen MR) is 73.6 cm³/mol. The van der Waals surface area contributed by atoms with Crippen LogP contribution in [0, 0.1) is 0 Å². The molecule has 0 saturated carbocycles. The molecule has 0 aliphatic heterocycles. The zero-order chi connectivity index (χ0) is 14.1. The summed E-state index contributed by atoms with van der Waals surface area (Å²) in [7, 11) is 1.33. The quantitative estimate of drug-likeness (QED) is 0.725. The third-order valence-corrected chi connectivity index (χ3v) is 3.09. The molecule has 100 valence electrons. The Morgan fingerprint density at radius 3 is 2.75 bits per heavy atom. The fourth-order valence-corrected chi connectivity index (χ4v) is 2.16. The molecule has 3 rings (SSSR count). The Morgan fingerprint density at radius 1 is 1.20 bits per heavy atom. The number of fused-ring (bicyclic) bond motifs is 1. The summed E-state index contributed by atoms with van der Waals surface area (Å²) in [5, 5.41) is 9.96. The van der Waals surface area contributed by atoms with Crippen LogP contribution in [0.1, 0.15) is 10.5 Å². The number of para-hydroxylation sites is 1. The van der Waals surface area contributed by atoms with Crippen molar-refractivity contribution in [3.8, 4) is 17.1 Å². The Labute approximate surface area is 115 Å². The van der Waals surface area contributed by atoms with Crippen LogP contribution in [0.25, 0.3) is 16.9 Å². The topological polar surface area (TPSA) is 63.8 Å². The van der Waals surface area contributed by atoms with Gasteiger partial charge >= 0.3 is 5.97 Å². The summed E-state index contributed by atoms with van der Waals surface area (Å²) in [6.45, 7) is 0. The molecule has 5 nitrogen and oxygen atoms in total. The summed E-state index contributed by atoms with van der Waals surface area (Å²) in [6, 6.07) is 12.1. The number of aromatic hydroxyl groups is 1. The van der Waals surface area contributed by atoms with Gasteiger partial charge in [-0.15, -0.1) is 0 Å². The van der Waals surface area contributed by atoms with Gasteiger partial charge in [-0.3, -0.25) is 4.40 Å². The van der Waals surface area contributed by atoms with Crippen LogP contribution in [0.3, 0.4) is 0 Å². The van der Waals surface area contributed by atoms with E-state index in [1.54, 1.807) is 47.0 Å². The lowest BCUT2D eigenvalue weighted by Gasteiger charge is -2.08. The van der Waals surface area contributed by atoms with E-state index in [-0.39, 0.29) is 5.75 Å². The molecular formula is C15H12N2O3. The molecule has 0 aliphatic carbocycles. The Kier molecular flexibility index (Phi) is 2.87. The number of aromatic nitrogens is 2. The molecule has 0 bridgehead atoms. The van der Waals surface area contributed by atoms with Crippen LogP contribution < -0.4 is 0 Å². The maximum absolute atomic E-state index is 11.9. The zero-order valence-electron chi connectivity index (χ0n) is 10.8. The van der Waals surface area contributed by atoms with Crippen LogP contribution >= 0.6 is 0 Å². The first-order valence-electron chi connectivity index (χ1n) is 6.05. The van der Waals surface area contributed by atoms with Crippen LogP contribution in [0.5, 0.6) is 5.75 Å². The predicted octanol–water partition coefficient (Wildman–Crippen LogP) is 2.49. The highest BCUT2D eigenvalue weighted by molar-refractivity contribution is 5.89. The van der Waals surface area contributed by atoms with Crippen LogP contribution in [0.15, 0.2) is 48.7 Å². The van der Waals surface area contributed by atoms with E-state index in [9.17, 15) is 9.90 Å². The number of rotatable bonds is 2. The van der Waals surface area contributed by atoms with Gasteiger partial charge in [0.25, 0.3) is 0 Å². The van der Waals surface area contributed by atoms with Gasteiger partial charge in [-0.2, -0.15) is 0 Å². The number of ether oxygens (including phenoxy) is 1. The van der Waals surface area contributed by atoms with Crippen molar-refractivity contribution >= 4 is 11.5 Å². The number of hydrogen-bond acceptors (Lipinski definition) is 4. The highest BCUT2D eigenvalue weighted by Gasteiger charge is 2.16. The largest absolute Gasteiger partial charge is 0.507 e. The number of esters is 1. The first kappa shape index (κ1) is 12.2. The van der Waals surface area contributed by atoms with Crippen molar-refractivity contribution in [3.63, 3.8) is 0 Å². The molecule has 0 fully saturated rings. The number of phenols is 1. The summed E-state index contributed by atoms with van der Waals surface area (Å²) in [5.74, 6) is 0.157. The number of hydrogen-bond donors (Lipinski definition) is 1. The van der Waals surface area contributed by atoms with Crippen molar-refractivity contribution in [2.24, 2.45) is 0 Å². The molecule has 1 N–H and O–H groups in total. The molecule has 0 spiro atoms. The van der Waals surface area contributed by atoms with Gasteiger partial charge in [-0.1, -0.05) is 18.2 Å². The molecule has 1 aromatic carbocycles. The Morgan fingerprint density at radius 2 is 2.00 bits per heavy atom. The van der Waals surface area contributed by atoms with Crippen LogP contribution in [0.2, 0.25) is 0 Å². The Balaban J connectivity index is 2.33. The van der Waals surface area contributed by atoms with Gasteiger partial charge in [-0.05, 0) is 24.3 Å². The normalized spacial score (nSPS) is 10.7. The van der Waals surface area contributed by atoms with Gasteiger partial charge < -0.3 is 9.84 Å². The van der Waals surface area contributed by atoms with Crippen molar-refractivity contribution in [3.05, 3.63) is 54.4 Å². The second-order valence-electron chi connectivity index (χ2n) is 4.26. The molecule has 0 atom stereocenters. The first-order chi connectivity index (χ1) is 9.72. The number of nitrogens with zero attached hydrogens (tertiary/aromatic N) is 2. The number of pyridine rings is 1. The van der Waals surface area contributed by atoms with E-state index < -0.39 is 5.97 Å². The maximum Gasteiger partial charge on any atom is 0.355 e. The second-order valence-corrected chi connectivity index (χ2v) is 4.26. The van der Waals surface area contributed by atoms with Crippen molar-refractivity contribution in [2.45, 2.75) is 0 Å². The van der Waals surface area contributed by atoms with Crippen LogP contribution in [0.4, 0.5) is 0 Å². The van der Waals surface area contributed by atoms with E-state index in [1.807, 2.05) is 6.07 Å². The molecule has 0 radical (unpaired) electrons.